The van der Waals surface area contributed by atoms with Crippen molar-refractivity contribution < 1.29 is 32.7 Å². The average Bonchev–Trinajstić information content (AvgIpc) is 2.88. The van der Waals surface area contributed by atoms with Gasteiger partial charge in [-0.1, -0.05) is 90.2 Å². The molecule has 1 aromatic carbocycles. The first kappa shape index (κ1) is 34.8. The SMILES string of the molecule is CCCCCCCCCCCCCc1cccc(OCC(COP(O)OCC[N+](C)(C)C)OC(=O)CC)c1. The fourth-order valence-electron chi connectivity index (χ4n) is 3.94. The quantitative estimate of drug-likeness (QED) is 0.0628. The molecule has 7 nitrogen and oxygen atoms in total. The van der Waals surface area contributed by atoms with Crippen LogP contribution in [0.5, 0.6) is 5.75 Å². The minimum atomic E-state index is -2.04. The topological polar surface area (TPSA) is 74.2 Å². The van der Waals surface area contributed by atoms with E-state index in [1.54, 1.807) is 6.92 Å². The summed E-state index contributed by atoms with van der Waals surface area (Å²) in [5.41, 5.74) is 1.25. The van der Waals surface area contributed by atoms with Crippen LogP contribution in [0.3, 0.4) is 0 Å². The van der Waals surface area contributed by atoms with E-state index in [0.29, 0.717) is 6.61 Å². The van der Waals surface area contributed by atoms with Crippen molar-refractivity contribution >= 4 is 14.6 Å². The molecule has 0 aliphatic rings. The predicted molar refractivity (Wildman–Crippen MR) is 156 cm³/mol. The van der Waals surface area contributed by atoms with Crippen LogP contribution < -0.4 is 4.74 Å². The Morgan fingerprint density at radius 2 is 1.53 bits per heavy atom. The van der Waals surface area contributed by atoms with Crippen LogP contribution in [0.1, 0.15) is 96.5 Å². The first-order valence-electron chi connectivity index (χ1n) is 14.7. The monoisotopic (exact) mass is 556 g/mol. The van der Waals surface area contributed by atoms with Crippen molar-refractivity contribution in [3.8, 4) is 5.75 Å². The Bertz CT molecular complexity index is 727. The van der Waals surface area contributed by atoms with Gasteiger partial charge in [0.1, 0.15) is 25.5 Å². The van der Waals surface area contributed by atoms with Crippen LogP contribution in [0, 0.1) is 0 Å². The number of nitrogens with zero attached hydrogens (tertiary/aromatic N) is 1. The van der Waals surface area contributed by atoms with Gasteiger partial charge in [0.05, 0.1) is 27.7 Å². The molecule has 1 aromatic rings. The molecule has 0 heterocycles. The molecule has 0 bridgehead atoms. The van der Waals surface area contributed by atoms with Crippen molar-refractivity contribution in [2.75, 3.05) is 47.5 Å². The molecule has 1 rings (SSSR count). The molecule has 0 spiro atoms. The van der Waals surface area contributed by atoms with Gasteiger partial charge in [-0.2, -0.15) is 0 Å². The number of likely N-dealkylation sites (N-methyl/N-ethyl adjacent to an activating group) is 1. The number of rotatable bonds is 24. The van der Waals surface area contributed by atoms with Crippen molar-refractivity contribution in [3.63, 3.8) is 0 Å². The largest absolute Gasteiger partial charge is 0.490 e. The maximum atomic E-state index is 11.9. The lowest BCUT2D eigenvalue weighted by molar-refractivity contribution is -0.870. The van der Waals surface area contributed by atoms with Crippen molar-refractivity contribution in [1.29, 1.82) is 0 Å². The van der Waals surface area contributed by atoms with Crippen molar-refractivity contribution in [2.24, 2.45) is 0 Å². The molecular weight excluding hydrogens is 501 g/mol. The third-order valence-corrected chi connectivity index (χ3v) is 7.10. The molecule has 38 heavy (non-hydrogen) atoms. The van der Waals surface area contributed by atoms with Gasteiger partial charge in [0, 0.05) is 6.42 Å². The number of carbonyl (C=O) groups is 1. The minimum absolute atomic E-state index is 0.0107. The smallest absolute Gasteiger partial charge is 0.330 e. The normalized spacial score (nSPS) is 13.3. The van der Waals surface area contributed by atoms with E-state index in [1.807, 2.05) is 12.1 Å². The molecular formula is C30H55NO6P+. The third kappa shape index (κ3) is 19.8. The lowest BCUT2D eigenvalue weighted by atomic mass is 10.0. The maximum Gasteiger partial charge on any atom is 0.330 e. The van der Waals surface area contributed by atoms with E-state index in [2.05, 4.69) is 40.2 Å². The van der Waals surface area contributed by atoms with Crippen LogP contribution in [-0.4, -0.2) is 69.0 Å². The summed E-state index contributed by atoms with van der Waals surface area (Å²) in [4.78, 5) is 21.9. The first-order chi connectivity index (χ1) is 18.2. The van der Waals surface area contributed by atoms with Crippen molar-refractivity contribution in [1.82, 2.24) is 0 Å². The highest BCUT2D eigenvalue weighted by molar-refractivity contribution is 7.40. The van der Waals surface area contributed by atoms with Crippen LogP contribution in [-0.2, 0) is 25.0 Å². The molecule has 1 N–H and O–H groups in total. The first-order valence-corrected chi connectivity index (χ1v) is 15.8. The molecule has 0 aliphatic carbocycles. The molecule has 2 atom stereocenters. The van der Waals surface area contributed by atoms with Crippen molar-refractivity contribution in [3.05, 3.63) is 29.8 Å². The van der Waals surface area contributed by atoms with Crippen LogP contribution in [0.2, 0.25) is 0 Å². The van der Waals surface area contributed by atoms with Crippen LogP contribution >= 0.6 is 8.60 Å². The van der Waals surface area contributed by atoms with E-state index in [1.165, 1.54) is 76.2 Å². The van der Waals surface area contributed by atoms with E-state index in [0.717, 1.165) is 23.2 Å². The highest BCUT2D eigenvalue weighted by atomic mass is 31.2. The minimum Gasteiger partial charge on any atom is -0.490 e. The lowest BCUT2D eigenvalue weighted by Gasteiger charge is -2.24. The van der Waals surface area contributed by atoms with Gasteiger partial charge >= 0.3 is 14.6 Å². The molecule has 0 saturated carbocycles. The second kappa shape index (κ2) is 21.6. The van der Waals surface area contributed by atoms with Gasteiger partial charge in [-0.3, -0.25) is 4.79 Å². The van der Waals surface area contributed by atoms with E-state index in [4.69, 9.17) is 18.5 Å². The Morgan fingerprint density at radius 3 is 2.13 bits per heavy atom. The van der Waals surface area contributed by atoms with Crippen LogP contribution in [0.15, 0.2) is 24.3 Å². The fourth-order valence-corrected chi connectivity index (χ4v) is 4.54. The molecule has 0 fully saturated rings. The summed E-state index contributed by atoms with van der Waals surface area (Å²) >= 11 is 0. The Morgan fingerprint density at radius 1 is 0.895 bits per heavy atom. The van der Waals surface area contributed by atoms with Crippen molar-refractivity contribution in [2.45, 2.75) is 103 Å². The Hall–Kier alpha value is -1.24. The van der Waals surface area contributed by atoms with Gasteiger partial charge in [-0.05, 0) is 30.5 Å². The number of unbranched alkanes of at least 4 members (excludes halogenated alkanes) is 10. The standard InChI is InChI=1S/C30H55NO6P/c1-6-8-9-10-11-12-13-14-15-16-17-19-27-20-18-21-28(24-27)34-25-29(37-30(32)7-2)26-36-38(33)35-23-22-31(3,4)5/h18,20-21,24,29,33H,6-17,19,22-23,25-26H2,1-5H3/q+1. The summed E-state index contributed by atoms with van der Waals surface area (Å²) in [5, 5.41) is 0. The highest BCUT2D eigenvalue weighted by Crippen LogP contribution is 2.33. The molecule has 0 amide bonds. The molecule has 0 radical (unpaired) electrons. The Balaban J connectivity index is 2.34. The number of carbonyl (C=O) groups excluding carboxylic acids is 1. The Kier molecular flexibility index (Phi) is 19.7. The van der Waals surface area contributed by atoms with Gasteiger partial charge in [0.2, 0.25) is 0 Å². The number of quaternary nitrogens is 1. The zero-order chi connectivity index (χ0) is 28.1. The second-order valence-electron chi connectivity index (χ2n) is 11.1. The lowest BCUT2D eigenvalue weighted by Crippen LogP contribution is -2.37. The van der Waals surface area contributed by atoms with Gasteiger partial charge in [-0.15, -0.1) is 0 Å². The number of aryl methyl sites for hydroxylation is 1. The van der Waals surface area contributed by atoms with E-state index in [9.17, 15) is 9.69 Å². The van der Waals surface area contributed by atoms with Gasteiger partial charge < -0.3 is 27.9 Å². The second-order valence-corrected chi connectivity index (χ2v) is 12.1. The fraction of sp³-hybridized carbons (Fsp3) is 0.767. The molecule has 0 saturated heterocycles. The molecule has 8 heteroatoms. The van der Waals surface area contributed by atoms with E-state index in [-0.39, 0.29) is 25.6 Å². The van der Waals surface area contributed by atoms with Gasteiger partial charge in [-0.25, -0.2) is 0 Å². The summed E-state index contributed by atoms with van der Waals surface area (Å²) in [7, 11) is 4.11. The molecule has 2 unspecified atom stereocenters. The number of esters is 1. The third-order valence-electron chi connectivity index (χ3n) is 6.32. The molecule has 0 aromatic heterocycles. The van der Waals surface area contributed by atoms with Crippen LogP contribution in [0.4, 0.5) is 0 Å². The number of hydrogen-bond acceptors (Lipinski definition) is 6. The zero-order valence-electron chi connectivity index (χ0n) is 24.8. The summed E-state index contributed by atoms with van der Waals surface area (Å²) in [6.45, 7) is 5.30. The van der Waals surface area contributed by atoms with E-state index >= 15 is 0 Å². The highest BCUT2D eigenvalue weighted by Gasteiger charge is 2.19. The number of hydrogen-bond donors (Lipinski definition) is 1. The summed E-state index contributed by atoms with van der Waals surface area (Å²) in [6.07, 6.45) is 15.4. The molecule has 0 aliphatic heterocycles. The number of ether oxygens (including phenoxy) is 2. The van der Waals surface area contributed by atoms with Gasteiger partial charge in [0.15, 0.2) is 6.10 Å². The summed E-state index contributed by atoms with van der Waals surface area (Å²) < 4.78 is 22.9. The average molecular weight is 557 g/mol. The number of benzene rings is 1. The summed E-state index contributed by atoms with van der Waals surface area (Å²) in [6, 6.07) is 8.10. The maximum absolute atomic E-state index is 11.9. The molecule has 220 valence electrons. The Labute approximate surface area is 233 Å². The predicted octanol–water partition coefficient (Wildman–Crippen LogP) is 7.20. The van der Waals surface area contributed by atoms with Gasteiger partial charge in [0.25, 0.3) is 0 Å². The van der Waals surface area contributed by atoms with Crippen LogP contribution in [0.25, 0.3) is 0 Å². The zero-order valence-corrected chi connectivity index (χ0v) is 25.7. The van der Waals surface area contributed by atoms with E-state index < -0.39 is 14.7 Å². The summed E-state index contributed by atoms with van der Waals surface area (Å²) in [5.74, 6) is 0.411.